The minimum absolute atomic E-state index is 0.372. The Balaban J connectivity index is 1.90. The van der Waals surface area contributed by atoms with E-state index >= 15 is 0 Å². The predicted molar refractivity (Wildman–Crippen MR) is 70.2 cm³/mol. The van der Waals surface area contributed by atoms with Gasteiger partial charge in [0.25, 0.3) is 0 Å². The molecule has 0 aliphatic carbocycles. The number of thioether (sulfide) groups is 1. The average molecular weight is 258 g/mol. The molecule has 2 N–H and O–H groups in total. The van der Waals surface area contributed by atoms with Gasteiger partial charge in [0.15, 0.2) is 0 Å². The van der Waals surface area contributed by atoms with Gasteiger partial charge in [-0.05, 0) is 37.5 Å². The summed E-state index contributed by atoms with van der Waals surface area (Å²) in [5, 5.41) is 0.737. The van der Waals surface area contributed by atoms with Gasteiger partial charge < -0.3 is 10.5 Å². The molecule has 1 aliphatic rings. The summed E-state index contributed by atoms with van der Waals surface area (Å²) in [6.07, 6.45) is 4.00. The van der Waals surface area contributed by atoms with Crippen molar-refractivity contribution < 1.29 is 4.74 Å². The first-order chi connectivity index (χ1) is 7.75. The molecule has 2 rings (SSSR count). The second-order valence-electron chi connectivity index (χ2n) is 3.98. The van der Waals surface area contributed by atoms with Crippen molar-refractivity contribution in [2.75, 3.05) is 18.1 Å². The molecule has 1 saturated heterocycles. The third-order valence-electron chi connectivity index (χ3n) is 2.67. The van der Waals surface area contributed by atoms with Crippen molar-refractivity contribution in [1.29, 1.82) is 0 Å². The number of nitrogen functional groups attached to an aromatic ring is 1. The molecule has 0 amide bonds. The second kappa shape index (κ2) is 5.80. The molecule has 1 aliphatic heterocycles. The Kier molecular flexibility index (Phi) is 4.38. The summed E-state index contributed by atoms with van der Waals surface area (Å²) in [6.45, 7) is 0.899. The second-order valence-corrected chi connectivity index (χ2v) is 5.48. The van der Waals surface area contributed by atoms with Gasteiger partial charge in [-0.2, -0.15) is 0 Å². The number of ether oxygens (including phenoxy) is 1. The fourth-order valence-corrected chi connectivity index (χ4v) is 3.06. The SMILES string of the molecule is Nc1ccc(Cl)cc1SCC1CCCCO1. The maximum atomic E-state index is 5.94. The Morgan fingerprint density at radius 2 is 2.31 bits per heavy atom. The Morgan fingerprint density at radius 1 is 1.44 bits per heavy atom. The van der Waals surface area contributed by atoms with Gasteiger partial charge in [0, 0.05) is 28.0 Å². The molecule has 1 atom stereocenters. The van der Waals surface area contributed by atoms with E-state index in [0.717, 1.165) is 34.4 Å². The number of halogens is 1. The first kappa shape index (κ1) is 12.1. The van der Waals surface area contributed by atoms with Crippen molar-refractivity contribution in [2.45, 2.75) is 30.3 Å². The van der Waals surface area contributed by atoms with Gasteiger partial charge in [-0.15, -0.1) is 11.8 Å². The van der Waals surface area contributed by atoms with E-state index in [2.05, 4.69) is 0 Å². The van der Waals surface area contributed by atoms with E-state index in [0.29, 0.717) is 6.10 Å². The standard InChI is InChI=1S/C12H16ClNOS/c13-9-4-5-11(14)12(7-9)16-8-10-3-1-2-6-15-10/h4-5,7,10H,1-3,6,8,14H2. The van der Waals surface area contributed by atoms with Crippen LogP contribution in [-0.2, 0) is 4.74 Å². The molecule has 0 aromatic heterocycles. The Labute approximate surface area is 105 Å². The summed E-state index contributed by atoms with van der Waals surface area (Å²) in [4.78, 5) is 1.06. The van der Waals surface area contributed by atoms with Crippen LogP contribution in [0.4, 0.5) is 5.69 Å². The lowest BCUT2D eigenvalue weighted by molar-refractivity contribution is 0.0315. The van der Waals surface area contributed by atoms with Gasteiger partial charge >= 0.3 is 0 Å². The molecule has 2 nitrogen and oxygen atoms in total. The summed E-state index contributed by atoms with van der Waals surface area (Å²) >= 11 is 7.67. The molecule has 1 unspecified atom stereocenters. The highest BCUT2D eigenvalue weighted by Crippen LogP contribution is 2.30. The zero-order chi connectivity index (χ0) is 11.4. The molecule has 16 heavy (non-hydrogen) atoms. The first-order valence-electron chi connectivity index (χ1n) is 5.55. The van der Waals surface area contributed by atoms with E-state index in [1.807, 2.05) is 18.2 Å². The zero-order valence-electron chi connectivity index (χ0n) is 9.12. The first-order valence-corrected chi connectivity index (χ1v) is 6.91. The lowest BCUT2D eigenvalue weighted by atomic mass is 10.1. The quantitative estimate of drug-likeness (QED) is 0.664. The topological polar surface area (TPSA) is 35.2 Å². The van der Waals surface area contributed by atoms with Crippen LogP contribution >= 0.6 is 23.4 Å². The third kappa shape index (κ3) is 3.30. The molecule has 0 saturated carbocycles. The lowest BCUT2D eigenvalue weighted by Crippen LogP contribution is -2.21. The van der Waals surface area contributed by atoms with Crippen LogP contribution in [-0.4, -0.2) is 18.5 Å². The van der Waals surface area contributed by atoms with Crippen molar-refractivity contribution in [3.63, 3.8) is 0 Å². The number of nitrogens with two attached hydrogens (primary N) is 1. The highest BCUT2D eigenvalue weighted by Gasteiger charge is 2.14. The molecule has 1 heterocycles. The van der Waals surface area contributed by atoms with Crippen molar-refractivity contribution in [1.82, 2.24) is 0 Å². The van der Waals surface area contributed by atoms with E-state index in [9.17, 15) is 0 Å². The Morgan fingerprint density at radius 3 is 3.06 bits per heavy atom. The van der Waals surface area contributed by atoms with Crippen LogP contribution in [0.15, 0.2) is 23.1 Å². The van der Waals surface area contributed by atoms with Crippen molar-refractivity contribution in [3.8, 4) is 0 Å². The van der Waals surface area contributed by atoms with Gasteiger partial charge in [-0.25, -0.2) is 0 Å². The molecule has 88 valence electrons. The largest absolute Gasteiger partial charge is 0.398 e. The monoisotopic (exact) mass is 257 g/mol. The minimum atomic E-state index is 0.372. The fourth-order valence-electron chi connectivity index (χ4n) is 1.75. The van der Waals surface area contributed by atoms with Crippen LogP contribution < -0.4 is 5.73 Å². The minimum Gasteiger partial charge on any atom is -0.398 e. The number of hydrogen-bond donors (Lipinski definition) is 1. The molecule has 0 spiro atoms. The molecule has 1 fully saturated rings. The highest BCUT2D eigenvalue weighted by molar-refractivity contribution is 7.99. The molecular weight excluding hydrogens is 242 g/mol. The van der Waals surface area contributed by atoms with E-state index < -0.39 is 0 Å². The zero-order valence-corrected chi connectivity index (χ0v) is 10.7. The van der Waals surface area contributed by atoms with Crippen LogP contribution in [0.1, 0.15) is 19.3 Å². The van der Waals surface area contributed by atoms with E-state index in [1.54, 1.807) is 11.8 Å². The van der Waals surface area contributed by atoms with Crippen molar-refractivity contribution in [3.05, 3.63) is 23.2 Å². The summed E-state index contributed by atoms with van der Waals surface area (Å²) in [5.41, 5.74) is 6.68. The normalized spacial score (nSPS) is 20.9. The van der Waals surface area contributed by atoms with Crippen LogP contribution in [0, 0.1) is 0 Å². The summed E-state index contributed by atoms with van der Waals surface area (Å²) in [5.74, 6) is 0.963. The van der Waals surface area contributed by atoms with Gasteiger partial charge in [0.05, 0.1) is 6.10 Å². The molecule has 4 heteroatoms. The summed E-state index contributed by atoms with van der Waals surface area (Å²) in [6, 6.07) is 5.59. The molecule has 0 bridgehead atoms. The lowest BCUT2D eigenvalue weighted by Gasteiger charge is -2.22. The number of anilines is 1. The van der Waals surface area contributed by atoms with E-state index in [1.165, 1.54) is 12.8 Å². The van der Waals surface area contributed by atoms with Crippen LogP contribution in [0.3, 0.4) is 0 Å². The van der Waals surface area contributed by atoms with Crippen LogP contribution in [0.25, 0.3) is 0 Å². The van der Waals surface area contributed by atoms with Gasteiger partial charge in [0.2, 0.25) is 0 Å². The van der Waals surface area contributed by atoms with Gasteiger partial charge in [0.1, 0.15) is 0 Å². The molecule has 1 aromatic carbocycles. The van der Waals surface area contributed by atoms with Crippen LogP contribution in [0.2, 0.25) is 5.02 Å². The van der Waals surface area contributed by atoms with Gasteiger partial charge in [-0.3, -0.25) is 0 Å². The van der Waals surface area contributed by atoms with E-state index in [-0.39, 0.29) is 0 Å². The predicted octanol–water partition coefficient (Wildman–Crippen LogP) is 3.58. The maximum Gasteiger partial charge on any atom is 0.0669 e. The van der Waals surface area contributed by atoms with Crippen molar-refractivity contribution >= 4 is 29.1 Å². The van der Waals surface area contributed by atoms with Crippen LogP contribution in [0.5, 0.6) is 0 Å². The highest BCUT2D eigenvalue weighted by atomic mass is 35.5. The molecule has 1 aromatic rings. The Bertz CT molecular complexity index is 353. The summed E-state index contributed by atoms with van der Waals surface area (Å²) in [7, 11) is 0. The van der Waals surface area contributed by atoms with E-state index in [4.69, 9.17) is 22.1 Å². The number of benzene rings is 1. The average Bonchev–Trinajstić information content (AvgIpc) is 2.32. The van der Waals surface area contributed by atoms with Crippen molar-refractivity contribution in [2.24, 2.45) is 0 Å². The Hall–Kier alpha value is -0.380. The molecule has 0 radical (unpaired) electrons. The van der Waals surface area contributed by atoms with Gasteiger partial charge in [-0.1, -0.05) is 11.6 Å². The molecular formula is C12H16ClNOS. The summed E-state index contributed by atoms with van der Waals surface area (Å²) < 4.78 is 5.68. The third-order valence-corrected chi connectivity index (χ3v) is 4.11. The number of rotatable bonds is 3. The number of hydrogen-bond acceptors (Lipinski definition) is 3. The smallest absolute Gasteiger partial charge is 0.0669 e. The maximum absolute atomic E-state index is 5.94. The fraction of sp³-hybridized carbons (Fsp3) is 0.500.